The molecule has 1 amide bonds. The van der Waals surface area contributed by atoms with Gasteiger partial charge >= 0.3 is 0 Å². The molecular weight excluding hydrogens is 436 g/mol. The Kier molecular flexibility index (Phi) is 5.25. The van der Waals surface area contributed by atoms with Crippen molar-refractivity contribution in [3.8, 4) is 5.75 Å². The van der Waals surface area contributed by atoms with Gasteiger partial charge < -0.3 is 18.8 Å². The second kappa shape index (κ2) is 8.40. The van der Waals surface area contributed by atoms with E-state index < -0.39 is 23.5 Å². The Bertz CT molecular complexity index is 1410. The summed E-state index contributed by atoms with van der Waals surface area (Å²) in [6, 6.07) is 16.3. The second-order valence-corrected chi connectivity index (χ2v) is 7.78. The number of aliphatic hydroxyl groups is 1. The Morgan fingerprint density at radius 3 is 2.65 bits per heavy atom. The highest BCUT2D eigenvalue weighted by atomic mass is 16.5. The molecule has 1 unspecified atom stereocenters. The predicted octanol–water partition coefficient (Wildman–Crippen LogP) is 5.08. The van der Waals surface area contributed by atoms with Gasteiger partial charge in [0.25, 0.3) is 5.91 Å². The van der Waals surface area contributed by atoms with Crippen molar-refractivity contribution >= 4 is 28.5 Å². The average molecular weight is 456 g/mol. The van der Waals surface area contributed by atoms with E-state index >= 15 is 0 Å². The van der Waals surface area contributed by atoms with E-state index in [1.165, 1.54) is 4.90 Å². The van der Waals surface area contributed by atoms with Crippen molar-refractivity contribution in [1.82, 2.24) is 5.16 Å². The van der Waals surface area contributed by atoms with Gasteiger partial charge in [0, 0.05) is 11.5 Å². The first-order valence-electron chi connectivity index (χ1n) is 10.5. The number of hydrogen-bond acceptors (Lipinski definition) is 7. The highest BCUT2D eigenvalue weighted by Crippen LogP contribution is 2.42. The lowest BCUT2D eigenvalue weighted by Crippen LogP contribution is -2.31. The monoisotopic (exact) mass is 456 g/mol. The number of ether oxygens (including phenoxy) is 1. The molecule has 170 valence electrons. The van der Waals surface area contributed by atoms with Crippen LogP contribution in [-0.4, -0.2) is 28.6 Å². The minimum atomic E-state index is -0.953. The number of carbonyl (C=O) groups excluding carboxylic acids is 2. The highest BCUT2D eigenvalue weighted by molar-refractivity contribution is 6.20. The zero-order chi connectivity index (χ0) is 23.8. The molecule has 0 radical (unpaired) electrons. The number of nitrogens with zero attached hydrogens (tertiary/aromatic N) is 2. The minimum Gasteiger partial charge on any atom is -0.503 e. The fraction of sp³-hybridized carbons (Fsp3) is 0.115. The third-order valence-corrected chi connectivity index (χ3v) is 5.53. The first-order chi connectivity index (χ1) is 16.5. The number of anilines is 1. The zero-order valence-corrected chi connectivity index (χ0v) is 18.2. The van der Waals surface area contributed by atoms with E-state index in [1.807, 2.05) is 12.1 Å². The molecule has 0 saturated carbocycles. The highest BCUT2D eigenvalue weighted by Gasteiger charge is 2.46. The number of fused-ring (bicyclic) bond motifs is 1. The Morgan fingerprint density at radius 1 is 1.21 bits per heavy atom. The fourth-order valence-electron chi connectivity index (χ4n) is 3.98. The molecule has 0 fully saturated rings. The van der Waals surface area contributed by atoms with Gasteiger partial charge in [-0.05, 0) is 36.8 Å². The molecule has 0 bridgehead atoms. The van der Waals surface area contributed by atoms with Crippen molar-refractivity contribution in [1.29, 1.82) is 0 Å². The van der Waals surface area contributed by atoms with Crippen molar-refractivity contribution < 1.29 is 28.4 Å². The molecule has 34 heavy (non-hydrogen) atoms. The Labute approximate surface area is 194 Å². The number of aliphatic hydroxyl groups excluding tert-OH is 1. The molecule has 2 aromatic carbocycles. The van der Waals surface area contributed by atoms with Crippen molar-refractivity contribution in [2.45, 2.75) is 13.0 Å². The van der Waals surface area contributed by atoms with Crippen LogP contribution in [0, 0.1) is 6.92 Å². The molecule has 1 aliphatic heterocycles. The van der Waals surface area contributed by atoms with Crippen LogP contribution in [0.4, 0.5) is 5.82 Å². The SMILES string of the molecule is C=CCOc1ccc(C2C(C(=O)c3cc4ccccc4o3)=C(O)C(=O)N2c2cc(C)on2)cc1. The van der Waals surface area contributed by atoms with E-state index in [0.29, 0.717) is 29.3 Å². The normalized spacial score (nSPS) is 15.9. The maximum absolute atomic E-state index is 13.6. The van der Waals surface area contributed by atoms with Crippen LogP contribution in [0.2, 0.25) is 0 Å². The van der Waals surface area contributed by atoms with Gasteiger partial charge in [-0.2, -0.15) is 0 Å². The molecule has 5 rings (SSSR count). The number of furan rings is 1. The molecule has 8 heteroatoms. The maximum Gasteiger partial charge on any atom is 0.295 e. The third kappa shape index (κ3) is 3.55. The number of amides is 1. The summed E-state index contributed by atoms with van der Waals surface area (Å²) in [6.07, 6.45) is 1.63. The topological polar surface area (TPSA) is 106 Å². The fourth-order valence-corrected chi connectivity index (χ4v) is 3.98. The predicted molar refractivity (Wildman–Crippen MR) is 124 cm³/mol. The summed E-state index contributed by atoms with van der Waals surface area (Å²) in [5, 5.41) is 15.5. The smallest absolute Gasteiger partial charge is 0.295 e. The summed E-state index contributed by atoms with van der Waals surface area (Å²) in [4.78, 5) is 28.0. The number of benzene rings is 2. The quantitative estimate of drug-likeness (QED) is 0.305. The van der Waals surface area contributed by atoms with E-state index in [0.717, 1.165) is 5.39 Å². The molecule has 0 saturated heterocycles. The van der Waals surface area contributed by atoms with E-state index in [4.69, 9.17) is 13.7 Å². The van der Waals surface area contributed by atoms with Crippen LogP contribution in [0.5, 0.6) is 5.75 Å². The number of para-hydroxylation sites is 1. The summed E-state index contributed by atoms with van der Waals surface area (Å²) in [5.41, 5.74) is 0.993. The van der Waals surface area contributed by atoms with Crippen LogP contribution >= 0.6 is 0 Å². The number of carbonyl (C=O) groups is 2. The molecule has 1 atom stereocenters. The molecular formula is C26H20N2O6. The van der Waals surface area contributed by atoms with E-state index in [2.05, 4.69) is 11.7 Å². The maximum atomic E-state index is 13.6. The van der Waals surface area contributed by atoms with Gasteiger partial charge in [0.1, 0.15) is 23.7 Å². The van der Waals surface area contributed by atoms with Crippen LogP contribution in [0.25, 0.3) is 11.0 Å². The van der Waals surface area contributed by atoms with Crippen LogP contribution in [0.15, 0.2) is 93.6 Å². The van der Waals surface area contributed by atoms with E-state index in [9.17, 15) is 14.7 Å². The van der Waals surface area contributed by atoms with Crippen LogP contribution < -0.4 is 9.64 Å². The first-order valence-corrected chi connectivity index (χ1v) is 10.5. The molecule has 4 aromatic rings. The van der Waals surface area contributed by atoms with Crippen LogP contribution in [-0.2, 0) is 4.79 Å². The molecule has 0 aliphatic carbocycles. The molecule has 0 spiro atoms. The molecule has 1 N–H and O–H groups in total. The number of aromatic nitrogens is 1. The summed E-state index contributed by atoms with van der Waals surface area (Å²) in [7, 11) is 0. The number of Topliss-reactive ketones (excluding diaryl/α,β-unsaturated/α-hetero) is 1. The molecule has 3 heterocycles. The summed E-state index contributed by atoms with van der Waals surface area (Å²) in [5.74, 6) is -0.751. The standard InChI is InChI=1S/C26H20N2O6/c1-3-12-32-18-10-8-16(9-11-18)23-22(24(29)20-14-17-6-4-5-7-19(17)33-20)25(30)26(31)28(23)21-13-15(2)34-27-21/h3-11,13-14,23,30H,1,12H2,2H3. The lowest BCUT2D eigenvalue weighted by atomic mass is 9.95. The second-order valence-electron chi connectivity index (χ2n) is 7.78. The van der Waals surface area contributed by atoms with Gasteiger partial charge in [-0.3, -0.25) is 14.5 Å². The number of aryl methyl sites for hydroxylation is 1. The van der Waals surface area contributed by atoms with Gasteiger partial charge in [0.05, 0.1) is 11.6 Å². The van der Waals surface area contributed by atoms with Crippen molar-refractivity contribution in [2.24, 2.45) is 0 Å². The largest absolute Gasteiger partial charge is 0.503 e. The Balaban J connectivity index is 1.61. The van der Waals surface area contributed by atoms with Crippen molar-refractivity contribution in [3.63, 3.8) is 0 Å². The van der Waals surface area contributed by atoms with Gasteiger partial charge in [0.15, 0.2) is 17.3 Å². The lowest BCUT2D eigenvalue weighted by Gasteiger charge is -2.24. The number of rotatable bonds is 7. The van der Waals surface area contributed by atoms with Crippen LogP contribution in [0.3, 0.4) is 0 Å². The van der Waals surface area contributed by atoms with Gasteiger partial charge in [-0.1, -0.05) is 48.1 Å². The van der Waals surface area contributed by atoms with Crippen molar-refractivity contribution in [2.75, 3.05) is 11.5 Å². The first kappa shape index (κ1) is 21.3. The molecule has 2 aromatic heterocycles. The van der Waals surface area contributed by atoms with Crippen LogP contribution in [0.1, 0.15) is 27.9 Å². The summed E-state index contributed by atoms with van der Waals surface area (Å²) in [6.45, 7) is 5.65. The lowest BCUT2D eigenvalue weighted by molar-refractivity contribution is -0.117. The molecule has 8 nitrogen and oxygen atoms in total. The Hall–Kier alpha value is -4.59. The van der Waals surface area contributed by atoms with Crippen molar-refractivity contribution in [3.05, 3.63) is 102 Å². The van der Waals surface area contributed by atoms with E-state index in [1.54, 1.807) is 61.5 Å². The van der Waals surface area contributed by atoms with Gasteiger partial charge in [-0.15, -0.1) is 0 Å². The Morgan fingerprint density at radius 2 is 1.97 bits per heavy atom. The van der Waals surface area contributed by atoms with Gasteiger partial charge in [0.2, 0.25) is 5.78 Å². The summed E-state index contributed by atoms with van der Waals surface area (Å²) >= 11 is 0. The van der Waals surface area contributed by atoms with E-state index in [-0.39, 0.29) is 17.2 Å². The number of hydrogen-bond donors (Lipinski definition) is 1. The molecule has 1 aliphatic rings. The van der Waals surface area contributed by atoms with Gasteiger partial charge in [-0.25, -0.2) is 0 Å². The minimum absolute atomic E-state index is 0.0182. The average Bonchev–Trinajstić information content (AvgIpc) is 3.54. The number of ketones is 1. The third-order valence-electron chi connectivity index (χ3n) is 5.53. The summed E-state index contributed by atoms with van der Waals surface area (Å²) < 4.78 is 16.4. The zero-order valence-electron chi connectivity index (χ0n) is 18.2.